The Labute approximate surface area is 185 Å². The van der Waals surface area contributed by atoms with Crippen molar-refractivity contribution in [3.05, 3.63) is 22.8 Å². The van der Waals surface area contributed by atoms with E-state index in [1.54, 1.807) is 0 Å². The van der Waals surface area contributed by atoms with Crippen molar-refractivity contribution in [2.45, 2.75) is 87.0 Å². The smallest absolute Gasteiger partial charge is 0.303 e. The molecule has 0 saturated heterocycles. The van der Waals surface area contributed by atoms with Crippen molar-refractivity contribution < 1.29 is 51.4 Å². The van der Waals surface area contributed by atoms with E-state index in [1.165, 1.54) is 16.7 Å². The molecule has 0 aromatic heterocycles. The van der Waals surface area contributed by atoms with Gasteiger partial charge in [0.15, 0.2) is 0 Å². The molecule has 1 aliphatic carbocycles. The Morgan fingerprint density at radius 2 is 1.07 bits per heavy atom. The molecule has 3 N–H and O–H groups in total. The van der Waals surface area contributed by atoms with Crippen molar-refractivity contribution in [2.24, 2.45) is 5.92 Å². The van der Waals surface area contributed by atoms with Gasteiger partial charge in [0.2, 0.25) is 0 Å². The van der Waals surface area contributed by atoms with Crippen molar-refractivity contribution in [1.29, 1.82) is 0 Å². The molecule has 1 unspecified atom stereocenters. The summed E-state index contributed by atoms with van der Waals surface area (Å²) < 4.78 is 0. The van der Waals surface area contributed by atoms with Crippen LogP contribution >= 0.6 is 0 Å². The van der Waals surface area contributed by atoms with E-state index in [0.29, 0.717) is 25.2 Å². The Morgan fingerprint density at radius 1 is 0.786 bits per heavy atom. The van der Waals surface area contributed by atoms with Gasteiger partial charge >= 0.3 is 17.9 Å². The Kier molecular flexibility index (Phi) is 26.7. The van der Waals surface area contributed by atoms with Crippen LogP contribution in [-0.4, -0.2) is 33.2 Å². The van der Waals surface area contributed by atoms with Crippen molar-refractivity contribution in [3.63, 3.8) is 0 Å². The number of allylic oxidation sites excluding steroid dienone is 4. The van der Waals surface area contributed by atoms with E-state index in [1.807, 2.05) is 20.8 Å². The maximum Gasteiger partial charge on any atom is 0.303 e. The molecule has 6 nitrogen and oxygen atoms in total. The molecule has 1 aliphatic rings. The largest absolute Gasteiger partial charge is 0.481 e. The molecule has 0 fully saturated rings. The molecule has 0 saturated carbocycles. The summed E-state index contributed by atoms with van der Waals surface area (Å²) in [5, 5.41) is 23.7. The molecule has 7 heteroatoms. The van der Waals surface area contributed by atoms with Crippen LogP contribution < -0.4 is 0 Å². The summed E-state index contributed by atoms with van der Waals surface area (Å²) in [5.74, 6) is -1.57. The molecule has 0 aliphatic heterocycles. The van der Waals surface area contributed by atoms with Crippen molar-refractivity contribution >= 4 is 17.9 Å². The average molecular weight is 433 g/mol. The van der Waals surface area contributed by atoms with Gasteiger partial charge in [-0.2, -0.15) is 11.1 Å². The van der Waals surface area contributed by atoms with Crippen LogP contribution in [0.15, 0.2) is 16.7 Å². The van der Waals surface area contributed by atoms with E-state index in [2.05, 4.69) is 33.8 Å². The standard InChI is InChI=1S/C9H13.3C4H8O2.Ti/c1-6-5-7(2)9(4)8(6)3;3*1-2-3-4(5)6;/h6H,1-4H3;3*2-3H2,1H3,(H,5,6);/q-1;;;;. The van der Waals surface area contributed by atoms with Gasteiger partial charge in [0.25, 0.3) is 0 Å². The second kappa shape index (κ2) is 21.9. The first kappa shape index (κ1) is 34.1. The fraction of sp³-hybridized carbons (Fsp3) is 0.667. The van der Waals surface area contributed by atoms with Crippen LogP contribution in [0.25, 0.3) is 0 Å². The summed E-state index contributed by atoms with van der Waals surface area (Å²) in [7, 11) is 0. The molecule has 28 heavy (non-hydrogen) atoms. The zero-order valence-electron chi connectivity index (χ0n) is 18.4. The number of carboxylic acids is 3. The number of carboxylic acid groups (broad SMARTS) is 3. The minimum Gasteiger partial charge on any atom is -0.481 e. The molecule has 0 aromatic rings. The molecule has 0 heterocycles. The van der Waals surface area contributed by atoms with E-state index >= 15 is 0 Å². The third-order valence-corrected chi connectivity index (χ3v) is 3.63. The van der Waals surface area contributed by atoms with Crippen LogP contribution in [0.3, 0.4) is 0 Å². The summed E-state index contributed by atoms with van der Waals surface area (Å²) in [6.45, 7) is 14.2. The van der Waals surface area contributed by atoms with Crippen LogP contribution in [-0.2, 0) is 36.1 Å². The Balaban J connectivity index is -0.000000139. The molecule has 162 valence electrons. The number of rotatable bonds is 6. The van der Waals surface area contributed by atoms with Crippen LogP contribution in [0.4, 0.5) is 0 Å². The topological polar surface area (TPSA) is 112 Å². The van der Waals surface area contributed by atoms with Gasteiger partial charge in [-0.1, -0.05) is 47.5 Å². The monoisotopic (exact) mass is 433 g/mol. The Hall–Kier alpha value is -1.40. The van der Waals surface area contributed by atoms with Crippen molar-refractivity contribution in [1.82, 2.24) is 0 Å². The summed E-state index contributed by atoms with van der Waals surface area (Å²) in [4.78, 5) is 28.8. The molecule has 0 bridgehead atoms. The summed E-state index contributed by atoms with van der Waals surface area (Å²) in [5.41, 5.74) is 4.25. The minimum atomic E-state index is -0.711. The average Bonchev–Trinajstić information content (AvgIpc) is 2.75. The predicted octanol–water partition coefficient (Wildman–Crippen LogP) is 5.33. The number of hydrogen-bond donors (Lipinski definition) is 3. The van der Waals surface area contributed by atoms with E-state index in [-0.39, 0.29) is 21.7 Å². The Morgan fingerprint density at radius 3 is 1.11 bits per heavy atom. The zero-order valence-corrected chi connectivity index (χ0v) is 19.9. The molecule has 0 amide bonds. The molecular formula is C21H37O6Ti-. The zero-order chi connectivity index (χ0) is 22.0. The van der Waals surface area contributed by atoms with E-state index in [4.69, 9.17) is 15.3 Å². The van der Waals surface area contributed by atoms with E-state index < -0.39 is 17.9 Å². The third-order valence-electron chi connectivity index (χ3n) is 3.63. The first-order valence-corrected chi connectivity index (χ1v) is 9.37. The van der Waals surface area contributed by atoms with Crippen molar-refractivity contribution in [2.75, 3.05) is 0 Å². The van der Waals surface area contributed by atoms with Gasteiger partial charge in [-0.05, 0) is 19.3 Å². The van der Waals surface area contributed by atoms with Crippen LogP contribution in [0, 0.1) is 12.0 Å². The van der Waals surface area contributed by atoms with Gasteiger partial charge in [-0.25, -0.2) is 5.57 Å². The maximum absolute atomic E-state index is 9.60. The van der Waals surface area contributed by atoms with Gasteiger partial charge in [0.1, 0.15) is 0 Å². The third kappa shape index (κ3) is 24.6. The summed E-state index contributed by atoms with van der Waals surface area (Å²) in [6, 6.07) is 0. The molecule has 1 atom stereocenters. The predicted molar refractivity (Wildman–Crippen MR) is 108 cm³/mol. The molecule has 0 spiro atoms. The van der Waals surface area contributed by atoms with Gasteiger partial charge in [-0.15, -0.1) is 6.92 Å². The molecule has 0 radical (unpaired) electrons. The molecule has 0 aromatic carbocycles. The number of aliphatic carboxylic acids is 3. The van der Waals surface area contributed by atoms with Gasteiger partial charge in [0, 0.05) is 41.0 Å². The van der Waals surface area contributed by atoms with E-state index in [0.717, 1.165) is 19.3 Å². The fourth-order valence-corrected chi connectivity index (χ4v) is 1.80. The Bertz CT molecular complexity index is 471. The number of hydrogen-bond acceptors (Lipinski definition) is 3. The number of carbonyl (C=O) groups is 3. The molecule has 1 rings (SSSR count). The maximum atomic E-state index is 9.60. The second-order valence-electron chi connectivity index (χ2n) is 6.23. The summed E-state index contributed by atoms with van der Waals surface area (Å²) in [6.07, 6.45) is 6.43. The quantitative estimate of drug-likeness (QED) is 0.385. The fourth-order valence-electron chi connectivity index (χ4n) is 1.80. The van der Waals surface area contributed by atoms with Crippen LogP contribution in [0.5, 0.6) is 0 Å². The van der Waals surface area contributed by atoms with Crippen LogP contribution in [0.1, 0.15) is 87.0 Å². The van der Waals surface area contributed by atoms with Crippen LogP contribution in [0.2, 0.25) is 0 Å². The second-order valence-corrected chi connectivity index (χ2v) is 6.23. The first-order valence-electron chi connectivity index (χ1n) is 9.37. The van der Waals surface area contributed by atoms with E-state index in [9.17, 15) is 14.4 Å². The SMILES string of the molecule is CC1=[C-]C(C)C(C)=C1C.CCCC(=O)O.CCCC(=O)O.CCCC(=O)O.[Ti]. The normalized spacial score (nSPS) is 14.0. The van der Waals surface area contributed by atoms with Gasteiger partial charge < -0.3 is 15.3 Å². The van der Waals surface area contributed by atoms with Gasteiger partial charge in [-0.3, -0.25) is 20.5 Å². The van der Waals surface area contributed by atoms with Gasteiger partial charge in [0.05, 0.1) is 0 Å². The van der Waals surface area contributed by atoms with Crippen molar-refractivity contribution in [3.8, 4) is 0 Å². The first-order chi connectivity index (χ1) is 12.4. The minimum absolute atomic E-state index is 0. The summed E-state index contributed by atoms with van der Waals surface area (Å²) >= 11 is 0. The molecular weight excluding hydrogens is 396 g/mol.